The number of carbonyl (C=O) groups is 1. The van der Waals surface area contributed by atoms with Crippen molar-refractivity contribution in [3.05, 3.63) is 26.6 Å². The van der Waals surface area contributed by atoms with Crippen LogP contribution in [0.25, 0.3) is 10.2 Å². The largest absolute Gasteiger partial charge is 0.381 e. The molecule has 2 aliphatic heterocycles. The third-order valence-electron chi connectivity index (χ3n) is 5.19. The van der Waals surface area contributed by atoms with Crippen LogP contribution >= 0.6 is 11.3 Å². The Morgan fingerprint density at radius 1 is 1.40 bits per heavy atom. The zero-order valence-electron chi connectivity index (χ0n) is 14.5. The molecule has 6 nitrogen and oxygen atoms in total. The molecule has 1 amide bonds. The maximum Gasteiger partial charge on any atom is 0.262 e. The lowest BCUT2D eigenvalue weighted by atomic mass is 10.1. The number of rotatable bonds is 3. The fourth-order valence-electron chi connectivity index (χ4n) is 3.69. The summed E-state index contributed by atoms with van der Waals surface area (Å²) in [4.78, 5) is 31.6. The first-order chi connectivity index (χ1) is 12.1. The highest BCUT2D eigenvalue weighted by atomic mass is 32.1. The molecule has 25 heavy (non-hydrogen) atoms. The molecular weight excluding hydrogens is 338 g/mol. The Bertz CT molecular complexity index is 865. The maximum absolute atomic E-state index is 12.9. The first-order valence-corrected chi connectivity index (χ1v) is 9.85. The van der Waals surface area contributed by atoms with Crippen LogP contribution in [-0.2, 0) is 17.7 Å². The van der Waals surface area contributed by atoms with Crippen molar-refractivity contribution in [1.29, 1.82) is 0 Å². The van der Waals surface area contributed by atoms with Crippen LogP contribution in [0.5, 0.6) is 0 Å². The number of aromatic nitrogens is 2. The fourth-order valence-corrected chi connectivity index (χ4v) is 4.79. The summed E-state index contributed by atoms with van der Waals surface area (Å²) in [6.45, 7) is 4.69. The molecule has 4 rings (SSSR count). The Morgan fingerprint density at radius 3 is 3.08 bits per heavy atom. The number of hydrogen-bond acceptors (Lipinski definition) is 5. The fraction of sp³-hybridized carbons (Fsp3) is 0.611. The van der Waals surface area contributed by atoms with Crippen LogP contribution in [0.4, 0.5) is 0 Å². The van der Waals surface area contributed by atoms with Gasteiger partial charge in [-0.05, 0) is 31.7 Å². The van der Waals surface area contributed by atoms with E-state index < -0.39 is 0 Å². The molecule has 1 unspecified atom stereocenters. The van der Waals surface area contributed by atoms with Gasteiger partial charge in [0, 0.05) is 32.0 Å². The number of fused-ring (bicyclic) bond motifs is 2. The van der Waals surface area contributed by atoms with E-state index in [9.17, 15) is 9.59 Å². The Hall–Kier alpha value is -1.73. The van der Waals surface area contributed by atoms with E-state index in [0.29, 0.717) is 34.2 Å². The summed E-state index contributed by atoms with van der Waals surface area (Å²) in [6.07, 6.45) is 5.04. The van der Waals surface area contributed by atoms with Crippen LogP contribution < -0.4 is 10.9 Å². The van der Waals surface area contributed by atoms with E-state index >= 15 is 0 Å². The highest BCUT2D eigenvalue weighted by molar-refractivity contribution is 7.20. The van der Waals surface area contributed by atoms with Crippen LogP contribution in [0.3, 0.4) is 0 Å². The van der Waals surface area contributed by atoms with E-state index in [0.717, 1.165) is 56.6 Å². The van der Waals surface area contributed by atoms with Gasteiger partial charge in [0.15, 0.2) is 0 Å². The third-order valence-corrected chi connectivity index (χ3v) is 6.38. The van der Waals surface area contributed by atoms with Gasteiger partial charge in [-0.15, -0.1) is 11.3 Å². The zero-order chi connectivity index (χ0) is 17.4. The van der Waals surface area contributed by atoms with E-state index in [-0.39, 0.29) is 11.5 Å². The number of aryl methyl sites for hydroxylation is 2. The number of ether oxygens (including phenoxy) is 1. The molecule has 0 radical (unpaired) electrons. The van der Waals surface area contributed by atoms with E-state index in [1.807, 2.05) is 11.5 Å². The minimum Gasteiger partial charge on any atom is -0.381 e. The van der Waals surface area contributed by atoms with Crippen molar-refractivity contribution in [2.24, 2.45) is 5.92 Å². The Labute approximate surface area is 150 Å². The predicted molar refractivity (Wildman–Crippen MR) is 97.4 cm³/mol. The number of hydrogen-bond donors (Lipinski definition) is 1. The summed E-state index contributed by atoms with van der Waals surface area (Å²) in [5.41, 5.74) is 0.774. The summed E-state index contributed by atoms with van der Waals surface area (Å²) in [5, 5.41) is 3.61. The van der Waals surface area contributed by atoms with Crippen molar-refractivity contribution in [3.63, 3.8) is 0 Å². The molecule has 0 saturated carbocycles. The van der Waals surface area contributed by atoms with Gasteiger partial charge >= 0.3 is 0 Å². The number of nitrogens with one attached hydrogen (secondary N) is 1. The standard InChI is InChI=1S/C18H23N3O3S/c1-11-14-17(20-13-5-3-2-4-7-21(13)18(14)23)25-15(11)16(22)19-9-12-6-8-24-10-12/h12H,2-10H2,1H3,(H,19,22). The number of nitrogens with zero attached hydrogens (tertiary/aromatic N) is 2. The second-order valence-corrected chi connectivity index (χ2v) is 7.97. The van der Waals surface area contributed by atoms with Gasteiger partial charge < -0.3 is 10.1 Å². The smallest absolute Gasteiger partial charge is 0.262 e. The van der Waals surface area contributed by atoms with E-state index in [1.54, 1.807) is 0 Å². The molecule has 0 bridgehead atoms. The van der Waals surface area contributed by atoms with Crippen LogP contribution in [0, 0.1) is 12.8 Å². The van der Waals surface area contributed by atoms with Crippen molar-refractivity contribution in [2.75, 3.05) is 19.8 Å². The molecule has 4 heterocycles. The summed E-state index contributed by atoms with van der Waals surface area (Å²) in [6, 6.07) is 0. The maximum atomic E-state index is 12.9. The summed E-state index contributed by atoms with van der Waals surface area (Å²) < 4.78 is 7.16. The second-order valence-electron chi connectivity index (χ2n) is 6.97. The van der Waals surface area contributed by atoms with Gasteiger partial charge in [0.2, 0.25) is 0 Å². The number of thiophene rings is 1. The van der Waals surface area contributed by atoms with Gasteiger partial charge in [-0.3, -0.25) is 14.2 Å². The SMILES string of the molecule is Cc1c(C(=O)NCC2CCOC2)sc2nc3n(c(=O)c12)CCCCC3. The number of carbonyl (C=O) groups excluding carboxylic acids is 1. The minimum absolute atomic E-state index is 0.0129. The van der Waals surface area contributed by atoms with Crippen LogP contribution in [-0.4, -0.2) is 35.2 Å². The average molecular weight is 361 g/mol. The van der Waals surface area contributed by atoms with Gasteiger partial charge in [-0.1, -0.05) is 6.42 Å². The third kappa shape index (κ3) is 3.11. The van der Waals surface area contributed by atoms with E-state index in [4.69, 9.17) is 9.72 Å². The molecule has 1 fully saturated rings. The highest BCUT2D eigenvalue weighted by Crippen LogP contribution is 2.28. The lowest BCUT2D eigenvalue weighted by Gasteiger charge is -2.09. The van der Waals surface area contributed by atoms with Crippen molar-refractivity contribution in [1.82, 2.24) is 14.9 Å². The molecular formula is C18H23N3O3S. The molecule has 1 N–H and O–H groups in total. The number of amides is 1. The first-order valence-electron chi connectivity index (χ1n) is 9.04. The molecule has 2 aromatic heterocycles. The van der Waals surface area contributed by atoms with Crippen molar-refractivity contribution in [3.8, 4) is 0 Å². The van der Waals surface area contributed by atoms with Crippen LogP contribution in [0.1, 0.15) is 46.7 Å². The van der Waals surface area contributed by atoms with Gasteiger partial charge in [-0.2, -0.15) is 0 Å². The summed E-state index contributed by atoms with van der Waals surface area (Å²) in [7, 11) is 0. The molecule has 7 heteroatoms. The van der Waals surface area contributed by atoms with Gasteiger partial charge in [-0.25, -0.2) is 4.98 Å². The Balaban J connectivity index is 1.66. The molecule has 0 aromatic carbocycles. The second kappa shape index (κ2) is 6.88. The lowest BCUT2D eigenvalue weighted by Crippen LogP contribution is -2.29. The van der Waals surface area contributed by atoms with Gasteiger partial charge in [0.25, 0.3) is 11.5 Å². The van der Waals surface area contributed by atoms with E-state index in [2.05, 4.69) is 5.32 Å². The molecule has 1 atom stereocenters. The molecule has 134 valence electrons. The molecule has 0 spiro atoms. The predicted octanol–water partition coefficient (Wildman–Crippen LogP) is 2.26. The van der Waals surface area contributed by atoms with Crippen molar-refractivity contribution < 1.29 is 9.53 Å². The molecule has 1 saturated heterocycles. The van der Waals surface area contributed by atoms with Crippen LogP contribution in [0.15, 0.2) is 4.79 Å². The summed E-state index contributed by atoms with van der Waals surface area (Å²) in [5.74, 6) is 1.15. The topological polar surface area (TPSA) is 73.2 Å². The van der Waals surface area contributed by atoms with Crippen molar-refractivity contribution >= 4 is 27.5 Å². The van der Waals surface area contributed by atoms with Crippen LogP contribution in [0.2, 0.25) is 0 Å². The zero-order valence-corrected chi connectivity index (χ0v) is 15.3. The van der Waals surface area contributed by atoms with Gasteiger partial charge in [0.1, 0.15) is 10.7 Å². The Kier molecular flexibility index (Phi) is 4.60. The first kappa shape index (κ1) is 16.7. The van der Waals surface area contributed by atoms with Crippen molar-refractivity contribution in [2.45, 2.75) is 45.6 Å². The quantitative estimate of drug-likeness (QED) is 0.910. The minimum atomic E-state index is -0.105. The van der Waals surface area contributed by atoms with Gasteiger partial charge in [0.05, 0.1) is 16.9 Å². The normalized spacial score (nSPS) is 20.4. The average Bonchev–Trinajstić information content (AvgIpc) is 3.15. The van der Waals surface area contributed by atoms with E-state index in [1.165, 1.54) is 11.3 Å². The highest BCUT2D eigenvalue weighted by Gasteiger charge is 2.23. The molecule has 2 aromatic rings. The summed E-state index contributed by atoms with van der Waals surface area (Å²) >= 11 is 1.34. The monoisotopic (exact) mass is 361 g/mol. The Morgan fingerprint density at radius 2 is 2.28 bits per heavy atom. The molecule has 2 aliphatic rings. The lowest BCUT2D eigenvalue weighted by molar-refractivity contribution is 0.0948. The molecule has 0 aliphatic carbocycles.